The summed E-state index contributed by atoms with van der Waals surface area (Å²) < 4.78 is 7.21. The number of likely N-dealkylation sites (tertiary alicyclic amines) is 1. The summed E-state index contributed by atoms with van der Waals surface area (Å²) in [5, 5.41) is 7.93. The predicted molar refractivity (Wildman–Crippen MR) is 137 cm³/mol. The largest absolute Gasteiger partial charge is 0.452 e. The monoisotopic (exact) mass is 491 g/mol. The minimum Gasteiger partial charge on any atom is -0.452 e. The number of hydrogen-bond acceptors (Lipinski definition) is 6. The number of para-hydroxylation sites is 1. The number of pyridine rings is 1. The van der Waals surface area contributed by atoms with E-state index in [-0.39, 0.29) is 36.3 Å². The van der Waals surface area contributed by atoms with Crippen LogP contribution in [0.1, 0.15) is 68.5 Å². The highest BCUT2D eigenvalue weighted by atomic mass is 16.5. The van der Waals surface area contributed by atoms with Crippen LogP contribution >= 0.6 is 0 Å². The van der Waals surface area contributed by atoms with E-state index in [4.69, 9.17) is 9.72 Å². The summed E-state index contributed by atoms with van der Waals surface area (Å²) in [7, 11) is 0. The molecule has 1 N–H and O–H groups in total. The van der Waals surface area contributed by atoms with Crippen LogP contribution in [0, 0.1) is 5.92 Å². The number of benzene rings is 1. The molecule has 9 nitrogen and oxygen atoms in total. The molecule has 0 atom stereocenters. The van der Waals surface area contributed by atoms with Crippen LogP contribution in [0.3, 0.4) is 0 Å². The van der Waals surface area contributed by atoms with Crippen LogP contribution in [-0.4, -0.2) is 57.1 Å². The highest BCUT2D eigenvalue weighted by molar-refractivity contribution is 6.03. The van der Waals surface area contributed by atoms with Crippen LogP contribution in [-0.2, 0) is 14.3 Å². The summed E-state index contributed by atoms with van der Waals surface area (Å²) in [6, 6.07) is 11.1. The summed E-state index contributed by atoms with van der Waals surface area (Å²) in [6.45, 7) is 8.56. The Bertz CT molecular complexity index is 1240. The van der Waals surface area contributed by atoms with E-state index in [9.17, 15) is 14.4 Å². The van der Waals surface area contributed by atoms with Gasteiger partial charge in [0.15, 0.2) is 12.3 Å². The molecule has 0 bridgehead atoms. The first kappa shape index (κ1) is 25.3. The molecule has 0 radical (unpaired) electrons. The topological polar surface area (TPSA) is 106 Å². The number of esters is 1. The maximum atomic E-state index is 13.0. The molecule has 3 aromatic rings. The van der Waals surface area contributed by atoms with Crippen molar-refractivity contribution in [1.82, 2.24) is 19.7 Å². The quantitative estimate of drug-likeness (QED) is 0.497. The van der Waals surface area contributed by atoms with E-state index in [2.05, 4.69) is 10.4 Å². The van der Waals surface area contributed by atoms with Crippen LogP contribution in [0.25, 0.3) is 11.0 Å². The van der Waals surface area contributed by atoms with Crippen LogP contribution in [0.2, 0.25) is 0 Å². The zero-order valence-corrected chi connectivity index (χ0v) is 21.2. The summed E-state index contributed by atoms with van der Waals surface area (Å²) in [4.78, 5) is 44.7. The number of aromatic nitrogens is 3. The Balaban J connectivity index is 1.35. The Kier molecular flexibility index (Phi) is 7.67. The Morgan fingerprint density at radius 1 is 1.08 bits per heavy atom. The van der Waals surface area contributed by atoms with Crippen LogP contribution in [0.5, 0.6) is 0 Å². The summed E-state index contributed by atoms with van der Waals surface area (Å²) in [5.74, 6) is -0.924. The highest BCUT2D eigenvalue weighted by Crippen LogP contribution is 2.25. The average molecular weight is 492 g/mol. The number of piperidine rings is 1. The zero-order valence-electron chi connectivity index (χ0n) is 21.2. The van der Waals surface area contributed by atoms with E-state index in [1.54, 1.807) is 21.8 Å². The number of anilines is 1. The molecular weight excluding hydrogens is 458 g/mol. The number of rotatable bonds is 7. The smallest absolute Gasteiger partial charge is 0.339 e. The molecular formula is C27H33N5O4. The van der Waals surface area contributed by atoms with Crippen molar-refractivity contribution in [3.8, 4) is 0 Å². The summed E-state index contributed by atoms with van der Waals surface area (Å²) in [5.41, 5.74) is 2.52. The van der Waals surface area contributed by atoms with E-state index in [1.165, 1.54) is 0 Å². The minimum atomic E-state index is -0.571. The number of amides is 2. The Labute approximate surface area is 210 Å². The first-order valence-corrected chi connectivity index (χ1v) is 12.4. The van der Waals surface area contributed by atoms with Crippen molar-refractivity contribution < 1.29 is 19.1 Å². The van der Waals surface area contributed by atoms with Crippen molar-refractivity contribution in [3.05, 3.63) is 53.9 Å². The van der Waals surface area contributed by atoms with E-state index in [0.717, 1.165) is 11.4 Å². The molecule has 1 fully saturated rings. The second-order valence-corrected chi connectivity index (χ2v) is 9.76. The first-order chi connectivity index (χ1) is 17.2. The third-order valence-electron chi connectivity index (χ3n) is 6.47. The number of nitrogens with zero attached hydrogens (tertiary/aromatic N) is 4. The lowest BCUT2D eigenvalue weighted by Gasteiger charge is -2.31. The maximum absolute atomic E-state index is 13.0. The number of ether oxygens (including phenoxy) is 1. The summed E-state index contributed by atoms with van der Waals surface area (Å²) >= 11 is 0. The van der Waals surface area contributed by atoms with Gasteiger partial charge < -0.3 is 15.0 Å². The van der Waals surface area contributed by atoms with Gasteiger partial charge in [-0.1, -0.05) is 32.0 Å². The number of carbonyl (C=O) groups is 3. The van der Waals surface area contributed by atoms with Crippen molar-refractivity contribution in [2.75, 3.05) is 25.0 Å². The third-order valence-corrected chi connectivity index (χ3v) is 6.47. The zero-order chi connectivity index (χ0) is 25.8. The van der Waals surface area contributed by atoms with Crippen molar-refractivity contribution in [1.29, 1.82) is 0 Å². The molecule has 1 aliphatic heterocycles. The fourth-order valence-corrected chi connectivity index (χ4v) is 4.33. The highest BCUT2D eigenvalue weighted by Gasteiger charge is 2.28. The van der Waals surface area contributed by atoms with Gasteiger partial charge in [-0.3, -0.25) is 9.59 Å². The fourth-order valence-electron chi connectivity index (χ4n) is 4.33. The molecule has 1 aliphatic rings. The molecule has 1 saturated heterocycles. The van der Waals surface area contributed by atoms with Gasteiger partial charge in [-0.05, 0) is 50.8 Å². The predicted octanol–water partition coefficient (Wildman–Crippen LogP) is 4.17. The Morgan fingerprint density at radius 2 is 1.78 bits per heavy atom. The van der Waals surface area contributed by atoms with Crippen molar-refractivity contribution >= 4 is 34.5 Å². The molecule has 1 aromatic carbocycles. The Hall–Kier alpha value is -3.75. The molecule has 9 heteroatoms. The number of fused-ring (bicyclic) bond motifs is 1. The van der Waals surface area contributed by atoms with Gasteiger partial charge in [-0.15, -0.1) is 0 Å². The van der Waals surface area contributed by atoms with Gasteiger partial charge in [0, 0.05) is 36.4 Å². The molecule has 0 aliphatic carbocycles. The molecule has 0 saturated carbocycles. The van der Waals surface area contributed by atoms with Gasteiger partial charge in [-0.2, -0.15) is 5.10 Å². The fraction of sp³-hybridized carbons (Fsp3) is 0.444. The second-order valence-electron chi connectivity index (χ2n) is 9.76. The van der Waals surface area contributed by atoms with Crippen molar-refractivity contribution in [2.24, 2.45) is 5.92 Å². The number of carbonyl (C=O) groups excluding carboxylic acids is 3. The van der Waals surface area contributed by atoms with Gasteiger partial charge in [-0.25, -0.2) is 14.5 Å². The van der Waals surface area contributed by atoms with Gasteiger partial charge in [0.2, 0.25) is 5.91 Å². The van der Waals surface area contributed by atoms with Crippen LogP contribution in [0.4, 0.5) is 5.69 Å². The lowest BCUT2D eigenvalue weighted by molar-refractivity contribution is -0.137. The van der Waals surface area contributed by atoms with Crippen molar-refractivity contribution in [2.45, 2.75) is 52.5 Å². The second kappa shape index (κ2) is 10.9. The van der Waals surface area contributed by atoms with Crippen molar-refractivity contribution in [3.63, 3.8) is 0 Å². The molecule has 0 unspecified atom stereocenters. The van der Waals surface area contributed by atoms with E-state index < -0.39 is 5.97 Å². The molecule has 2 aromatic heterocycles. The number of hydrogen-bond donors (Lipinski definition) is 1. The number of nitrogens with one attached hydrogen (secondary N) is 1. The normalized spacial score (nSPS) is 14.4. The SMILES string of the molecule is CC(C)c1cc(C(=O)OCC(=O)N2CCC(C(=O)Nc3ccccc3)CC2)c2cnn(C(C)C)c2n1. The van der Waals surface area contributed by atoms with E-state index >= 15 is 0 Å². The molecule has 36 heavy (non-hydrogen) atoms. The van der Waals surface area contributed by atoms with Crippen LogP contribution in [0.15, 0.2) is 42.6 Å². The first-order valence-electron chi connectivity index (χ1n) is 12.4. The third kappa shape index (κ3) is 5.56. The van der Waals surface area contributed by atoms with Gasteiger partial charge in [0.1, 0.15) is 0 Å². The molecule has 3 heterocycles. The van der Waals surface area contributed by atoms with E-state index in [1.807, 2.05) is 58.0 Å². The van der Waals surface area contributed by atoms with Gasteiger partial charge in [0.25, 0.3) is 5.91 Å². The molecule has 2 amide bonds. The van der Waals surface area contributed by atoms with Gasteiger partial charge in [0.05, 0.1) is 17.1 Å². The molecule has 0 spiro atoms. The summed E-state index contributed by atoms with van der Waals surface area (Å²) in [6.07, 6.45) is 2.75. The lowest BCUT2D eigenvalue weighted by atomic mass is 9.95. The lowest BCUT2D eigenvalue weighted by Crippen LogP contribution is -2.43. The van der Waals surface area contributed by atoms with Crippen LogP contribution < -0.4 is 5.32 Å². The molecule has 4 rings (SSSR count). The Morgan fingerprint density at radius 3 is 2.42 bits per heavy atom. The van der Waals surface area contributed by atoms with E-state index in [0.29, 0.717) is 42.5 Å². The minimum absolute atomic E-state index is 0.0377. The molecule has 190 valence electrons. The standard InChI is InChI=1S/C27H33N5O4/c1-17(2)23-14-21(22-15-28-32(18(3)4)25(22)30-23)27(35)36-16-24(33)31-12-10-19(11-13-31)26(34)29-20-8-6-5-7-9-20/h5-9,14-15,17-19H,10-13,16H2,1-4H3,(H,29,34). The van der Waals surface area contributed by atoms with Gasteiger partial charge >= 0.3 is 5.97 Å². The maximum Gasteiger partial charge on any atom is 0.339 e. The average Bonchev–Trinajstić information content (AvgIpc) is 3.31.